The fourth-order valence-corrected chi connectivity index (χ4v) is 3.76. The van der Waals surface area contributed by atoms with E-state index in [1.165, 1.54) is 0 Å². The van der Waals surface area contributed by atoms with Gasteiger partial charge in [-0.3, -0.25) is 9.30 Å². The predicted octanol–water partition coefficient (Wildman–Crippen LogP) is 2.30. The number of aryl methyl sites for hydroxylation is 1. The van der Waals surface area contributed by atoms with E-state index in [9.17, 15) is 0 Å². The lowest BCUT2D eigenvalue weighted by Crippen LogP contribution is -2.38. The van der Waals surface area contributed by atoms with Crippen molar-refractivity contribution < 1.29 is 14.2 Å². The molecule has 1 saturated heterocycles. The quantitative estimate of drug-likeness (QED) is 0.404. The fourth-order valence-electron chi connectivity index (χ4n) is 3.76. The summed E-state index contributed by atoms with van der Waals surface area (Å²) in [5, 5.41) is 12.0. The number of ether oxygens (including phenoxy) is 3. The molecule has 33 heavy (non-hydrogen) atoms. The molecule has 0 amide bonds. The molecule has 3 aromatic rings. The first-order valence-corrected chi connectivity index (χ1v) is 10.8. The SMILES string of the molecule is COc1cc2nc(NCCCCN)c3nnc(C)n3c2cc1OCCN1CCOCC1.Cl.Cl. The second kappa shape index (κ2) is 13.0. The molecular weight excluding hydrogens is 469 g/mol. The van der Waals surface area contributed by atoms with E-state index in [2.05, 4.69) is 20.4 Å². The number of methoxy groups -OCH3 is 1. The number of hydrogen-bond acceptors (Lipinski definition) is 9. The van der Waals surface area contributed by atoms with Crippen LogP contribution < -0.4 is 20.5 Å². The number of hydrogen-bond donors (Lipinski definition) is 2. The van der Waals surface area contributed by atoms with Gasteiger partial charge in [0.2, 0.25) is 5.65 Å². The van der Waals surface area contributed by atoms with Crippen molar-refractivity contribution >= 4 is 47.3 Å². The van der Waals surface area contributed by atoms with Gasteiger partial charge in [0, 0.05) is 38.3 Å². The summed E-state index contributed by atoms with van der Waals surface area (Å²) >= 11 is 0. The van der Waals surface area contributed by atoms with Crippen LogP contribution in [0.1, 0.15) is 18.7 Å². The van der Waals surface area contributed by atoms with Gasteiger partial charge in [-0.05, 0) is 26.3 Å². The Morgan fingerprint density at radius 1 is 1.12 bits per heavy atom. The Hall–Kier alpha value is -2.11. The molecule has 1 aromatic carbocycles. The topological polar surface area (TPSA) is 112 Å². The third-order valence-corrected chi connectivity index (χ3v) is 5.46. The number of anilines is 1. The van der Waals surface area contributed by atoms with Crippen molar-refractivity contribution in [1.29, 1.82) is 0 Å². The van der Waals surface area contributed by atoms with Crippen LogP contribution in [0, 0.1) is 6.92 Å². The maximum atomic E-state index is 6.11. The number of aromatic nitrogens is 4. The molecular formula is C21H33Cl2N7O3. The van der Waals surface area contributed by atoms with Crippen molar-refractivity contribution in [3.8, 4) is 11.5 Å². The van der Waals surface area contributed by atoms with Crippen molar-refractivity contribution in [1.82, 2.24) is 24.5 Å². The molecule has 184 valence electrons. The molecule has 1 aliphatic rings. The Balaban J connectivity index is 0.00000193. The molecule has 12 heteroatoms. The number of nitrogens with one attached hydrogen (secondary N) is 1. The molecule has 4 rings (SSSR count). The van der Waals surface area contributed by atoms with Gasteiger partial charge in [-0.15, -0.1) is 35.0 Å². The van der Waals surface area contributed by atoms with E-state index in [1.54, 1.807) is 7.11 Å². The molecule has 0 saturated carbocycles. The van der Waals surface area contributed by atoms with E-state index >= 15 is 0 Å². The Kier molecular flexibility index (Phi) is 10.6. The molecule has 0 spiro atoms. The summed E-state index contributed by atoms with van der Waals surface area (Å²) in [4.78, 5) is 7.13. The molecule has 0 aliphatic carbocycles. The molecule has 0 bridgehead atoms. The number of fused-ring (bicyclic) bond motifs is 3. The second-order valence-corrected chi connectivity index (χ2v) is 7.58. The molecule has 1 aliphatic heterocycles. The van der Waals surface area contributed by atoms with Crippen LogP contribution in [0.3, 0.4) is 0 Å². The number of nitrogens with two attached hydrogens (primary N) is 1. The predicted molar refractivity (Wildman–Crippen MR) is 134 cm³/mol. The zero-order valence-electron chi connectivity index (χ0n) is 19.1. The minimum absolute atomic E-state index is 0. The van der Waals surface area contributed by atoms with Crippen LogP contribution in [0.15, 0.2) is 12.1 Å². The highest BCUT2D eigenvalue weighted by molar-refractivity contribution is 5.86. The van der Waals surface area contributed by atoms with E-state index in [1.807, 2.05) is 23.5 Å². The lowest BCUT2D eigenvalue weighted by Gasteiger charge is -2.26. The summed E-state index contributed by atoms with van der Waals surface area (Å²) in [6.07, 6.45) is 1.93. The van der Waals surface area contributed by atoms with Crippen LogP contribution in [0.2, 0.25) is 0 Å². The van der Waals surface area contributed by atoms with Crippen LogP contribution in [-0.2, 0) is 4.74 Å². The van der Waals surface area contributed by atoms with Gasteiger partial charge in [-0.2, -0.15) is 0 Å². The van der Waals surface area contributed by atoms with Crippen molar-refractivity contribution in [3.05, 3.63) is 18.0 Å². The highest BCUT2D eigenvalue weighted by atomic mass is 35.5. The van der Waals surface area contributed by atoms with Gasteiger partial charge in [0.1, 0.15) is 12.4 Å². The molecule has 3 N–H and O–H groups in total. The third kappa shape index (κ3) is 6.27. The minimum atomic E-state index is 0. The molecule has 1 fully saturated rings. The Morgan fingerprint density at radius 3 is 2.64 bits per heavy atom. The first kappa shape index (κ1) is 27.1. The summed E-state index contributed by atoms with van der Waals surface area (Å²) in [6, 6.07) is 3.87. The van der Waals surface area contributed by atoms with Crippen LogP contribution >= 0.6 is 24.8 Å². The molecule has 2 aromatic heterocycles. The molecule has 0 atom stereocenters. The number of morpholine rings is 1. The zero-order chi connectivity index (χ0) is 21.6. The van der Waals surface area contributed by atoms with Gasteiger partial charge in [0.05, 0.1) is 31.4 Å². The average molecular weight is 502 g/mol. The average Bonchev–Trinajstić information content (AvgIpc) is 3.19. The maximum absolute atomic E-state index is 6.11. The largest absolute Gasteiger partial charge is 0.493 e. The van der Waals surface area contributed by atoms with Crippen LogP contribution in [0.5, 0.6) is 11.5 Å². The van der Waals surface area contributed by atoms with Crippen LogP contribution in [0.25, 0.3) is 16.7 Å². The number of halogens is 2. The van der Waals surface area contributed by atoms with E-state index < -0.39 is 0 Å². The molecule has 0 unspecified atom stereocenters. The van der Waals surface area contributed by atoms with Crippen LogP contribution in [-0.4, -0.2) is 84.1 Å². The lowest BCUT2D eigenvalue weighted by atomic mass is 10.2. The third-order valence-electron chi connectivity index (χ3n) is 5.46. The minimum Gasteiger partial charge on any atom is -0.493 e. The second-order valence-electron chi connectivity index (χ2n) is 7.58. The Labute approximate surface area is 206 Å². The Bertz CT molecular complexity index is 1030. The van der Waals surface area contributed by atoms with Gasteiger partial charge in [0.25, 0.3) is 0 Å². The summed E-state index contributed by atoms with van der Waals surface area (Å²) in [5.41, 5.74) is 7.96. The van der Waals surface area contributed by atoms with E-state index in [0.717, 1.165) is 69.1 Å². The standard InChI is InChI=1S/C21H31N7O3.2ClH/c1-15-25-26-21-20(23-6-4-3-5-22)24-16-13-18(29-2)19(14-17(16)28(15)21)31-12-9-27-7-10-30-11-8-27;;/h13-14H,3-12,22H2,1-2H3,(H,23,24);2*1H. The molecule has 0 radical (unpaired) electrons. The lowest BCUT2D eigenvalue weighted by molar-refractivity contribution is 0.0321. The first-order valence-electron chi connectivity index (χ1n) is 10.8. The molecule has 3 heterocycles. The summed E-state index contributed by atoms with van der Waals surface area (Å²) in [5.74, 6) is 2.83. The van der Waals surface area contributed by atoms with Gasteiger partial charge in [-0.25, -0.2) is 4.98 Å². The van der Waals surface area contributed by atoms with Crippen LogP contribution in [0.4, 0.5) is 5.82 Å². The van der Waals surface area contributed by atoms with Crippen molar-refractivity contribution in [3.63, 3.8) is 0 Å². The summed E-state index contributed by atoms with van der Waals surface area (Å²) in [6.45, 7) is 8.22. The smallest absolute Gasteiger partial charge is 0.204 e. The van der Waals surface area contributed by atoms with Gasteiger partial charge >= 0.3 is 0 Å². The van der Waals surface area contributed by atoms with Gasteiger partial charge in [0.15, 0.2) is 17.3 Å². The van der Waals surface area contributed by atoms with Crippen molar-refractivity contribution in [2.24, 2.45) is 5.73 Å². The number of nitrogens with zero attached hydrogens (tertiary/aromatic N) is 5. The van der Waals surface area contributed by atoms with E-state index in [4.69, 9.17) is 24.9 Å². The summed E-state index contributed by atoms with van der Waals surface area (Å²) in [7, 11) is 1.64. The van der Waals surface area contributed by atoms with Crippen molar-refractivity contribution in [2.45, 2.75) is 19.8 Å². The summed E-state index contributed by atoms with van der Waals surface area (Å²) < 4.78 is 19.1. The monoisotopic (exact) mass is 501 g/mol. The van der Waals surface area contributed by atoms with E-state index in [-0.39, 0.29) is 24.8 Å². The van der Waals surface area contributed by atoms with Crippen molar-refractivity contribution in [2.75, 3.05) is 65.0 Å². The normalized spacial score (nSPS) is 14.0. The number of unbranched alkanes of at least 4 members (excludes halogenated alkanes) is 1. The van der Waals surface area contributed by atoms with E-state index in [0.29, 0.717) is 36.1 Å². The maximum Gasteiger partial charge on any atom is 0.204 e. The first-order chi connectivity index (χ1) is 15.2. The number of benzene rings is 1. The molecule has 10 nitrogen and oxygen atoms in total. The highest BCUT2D eigenvalue weighted by Crippen LogP contribution is 2.33. The number of rotatable bonds is 10. The Morgan fingerprint density at radius 2 is 1.91 bits per heavy atom. The fraction of sp³-hybridized carbons (Fsp3) is 0.571. The zero-order valence-corrected chi connectivity index (χ0v) is 20.7. The van der Waals surface area contributed by atoms with Gasteiger partial charge < -0.3 is 25.3 Å². The van der Waals surface area contributed by atoms with Gasteiger partial charge in [-0.1, -0.05) is 0 Å². The highest BCUT2D eigenvalue weighted by Gasteiger charge is 2.17.